The predicted octanol–water partition coefficient (Wildman–Crippen LogP) is 1.78. The number of amides is 1. The molecular formula is C11H16N2O3S. The smallest absolute Gasteiger partial charge is 0.408 e. The summed E-state index contributed by atoms with van der Waals surface area (Å²) in [6.45, 7) is 5.31. The molecule has 0 aliphatic heterocycles. The van der Waals surface area contributed by atoms with Crippen molar-refractivity contribution in [1.29, 1.82) is 0 Å². The molecule has 94 valence electrons. The zero-order valence-corrected chi connectivity index (χ0v) is 10.9. The lowest BCUT2D eigenvalue weighted by Crippen LogP contribution is -2.41. The first-order valence-corrected chi connectivity index (χ1v) is 6.11. The second kappa shape index (κ2) is 5.77. The summed E-state index contributed by atoms with van der Waals surface area (Å²) in [5.41, 5.74) is 1.12. The molecule has 0 aliphatic rings. The fourth-order valence-corrected chi connectivity index (χ4v) is 1.81. The van der Waals surface area contributed by atoms with Gasteiger partial charge in [0.25, 0.3) is 0 Å². The van der Waals surface area contributed by atoms with E-state index in [2.05, 4.69) is 10.3 Å². The molecule has 1 heterocycles. The third-order valence-corrected chi connectivity index (χ3v) is 2.57. The number of nitrogens with zero attached hydrogens (tertiary/aromatic N) is 1. The molecule has 0 bridgehead atoms. The van der Waals surface area contributed by atoms with Gasteiger partial charge in [-0.15, -0.1) is 11.3 Å². The van der Waals surface area contributed by atoms with Crippen molar-refractivity contribution in [3.8, 4) is 0 Å². The van der Waals surface area contributed by atoms with Gasteiger partial charge >= 0.3 is 6.09 Å². The third kappa shape index (κ3) is 5.44. The second-order valence-electron chi connectivity index (χ2n) is 4.56. The Morgan fingerprint density at radius 2 is 2.35 bits per heavy atom. The summed E-state index contributed by atoms with van der Waals surface area (Å²) in [7, 11) is 0. The Morgan fingerprint density at radius 3 is 2.82 bits per heavy atom. The Labute approximate surface area is 104 Å². The number of hydrogen-bond donors (Lipinski definition) is 1. The van der Waals surface area contributed by atoms with Crippen LogP contribution < -0.4 is 5.32 Å². The third-order valence-electron chi connectivity index (χ3n) is 1.77. The highest BCUT2D eigenvalue weighted by atomic mass is 32.1. The zero-order valence-electron chi connectivity index (χ0n) is 10.1. The van der Waals surface area contributed by atoms with E-state index in [9.17, 15) is 9.59 Å². The monoisotopic (exact) mass is 256 g/mol. The van der Waals surface area contributed by atoms with Crippen LogP contribution in [0.2, 0.25) is 0 Å². The van der Waals surface area contributed by atoms with E-state index in [4.69, 9.17) is 4.74 Å². The lowest BCUT2D eigenvalue weighted by molar-refractivity contribution is -0.109. The van der Waals surface area contributed by atoms with Crippen LogP contribution in [0.4, 0.5) is 4.79 Å². The summed E-state index contributed by atoms with van der Waals surface area (Å²) >= 11 is 1.44. The quantitative estimate of drug-likeness (QED) is 0.834. The number of alkyl carbamates (subject to hydrolysis) is 1. The molecule has 0 aliphatic carbocycles. The highest BCUT2D eigenvalue weighted by Crippen LogP contribution is 2.09. The number of carbonyl (C=O) groups excluding carboxylic acids is 2. The number of aldehydes is 1. The molecule has 0 saturated carbocycles. The van der Waals surface area contributed by atoms with Crippen molar-refractivity contribution in [3.63, 3.8) is 0 Å². The first-order valence-electron chi connectivity index (χ1n) is 5.23. The van der Waals surface area contributed by atoms with Gasteiger partial charge in [0.1, 0.15) is 11.9 Å². The van der Waals surface area contributed by atoms with Crippen molar-refractivity contribution in [1.82, 2.24) is 10.3 Å². The molecule has 0 saturated heterocycles. The molecular weight excluding hydrogens is 240 g/mol. The fourth-order valence-electron chi connectivity index (χ4n) is 1.15. The summed E-state index contributed by atoms with van der Waals surface area (Å²) in [6.07, 6.45) is 2.23. The van der Waals surface area contributed by atoms with E-state index in [0.29, 0.717) is 12.7 Å². The molecule has 1 aromatic rings. The van der Waals surface area contributed by atoms with Crippen LogP contribution in [-0.2, 0) is 16.0 Å². The number of aromatic nitrogens is 1. The summed E-state index contributed by atoms with van der Waals surface area (Å²) in [5, 5.41) is 2.51. The van der Waals surface area contributed by atoms with Gasteiger partial charge in [0, 0.05) is 17.5 Å². The summed E-state index contributed by atoms with van der Waals surface area (Å²) in [6, 6.07) is -0.578. The maximum atomic E-state index is 11.5. The Balaban J connectivity index is 2.47. The van der Waals surface area contributed by atoms with Crippen LogP contribution in [0.15, 0.2) is 11.7 Å². The first-order chi connectivity index (χ1) is 7.90. The van der Waals surface area contributed by atoms with Crippen LogP contribution in [0.5, 0.6) is 0 Å². The highest BCUT2D eigenvalue weighted by molar-refractivity contribution is 7.09. The average Bonchev–Trinajstić information content (AvgIpc) is 2.66. The van der Waals surface area contributed by atoms with Gasteiger partial charge in [-0.1, -0.05) is 0 Å². The molecule has 0 spiro atoms. The van der Waals surface area contributed by atoms with Crippen molar-refractivity contribution in [2.45, 2.75) is 38.8 Å². The van der Waals surface area contributed by atoms with Crippen molar-refractivity contribution < 1.29 is 14.3 Å². The van der Waals surface area contributed by atoms with E-state index in [1.54, 1.807) is 32.5 Å². The fraction of sp³-hybridized carbons (Fsp3) is 0.545. The SMILES string of the molecule is CC(C)(C)OC(=O)NC(C=O)Cc1cncs1. The molecule has 0 radical (unpaired) electrons. The molecule has 1 rings (SSSR count). The Morgan fingerprint density at radius 1 is 1.65 bits per heavy atom. The van der Waals surface area contributed by atoms with Crippen LogP contribution in [0.3, 0.4) is 0 Å². The Bertz CT molecular complexity index is 371. The number of ether oxygens (including phenoxy) is 1. The highest BCUT2D eigenvalue weighted by Gasteiger charge is 2.19. The van der Waals surface area contributed by atoms with Gasteiger partial charge in [0.15, 0.2) is 0 Å². The van der Waals surface area contributed by atoms with Crippen LogP contribution in [-0.4, -0.2) is 29.0 Å². The number of carbonyl (C=O) groups is 2. The molecule has 0 aromatic carbocycles. The molecule has 1 aromatic heterocycles. The zero-order chi connectivity index (χ0) is 12.9. The van der Waals surface area contributed by atoms with Crippen molar-refractivity contribution >= 4 is 23.7 Å². The summed E-state index contributed by atoms with van der Waals surface area (Å²) < 4.78 is 5.07. The molecule has 1 N–H and O–H groups in total. The molecule has 0 fully saturated rings. The summed E-state index contributed by atoms with van der Waals surface area (Å²) in [5.74, 6) is 0. The van der Waals surface area contributed by atoms with Crippen LogP contribution in [0.25, 0.3) is 0 Å². The molecule has 6 heteroatoms. The van der Waals surface area contributed by atoms with Gasteiger partial charge < -0.3 is 14.8 Å². The van der Waals surface area contributed by atoms with Crippen molar-refractivity contribution in [2.24, 2.45) is 0 Å². The number of thiazole rings is 1. The molecule has 1 atom stereocenters. The van der Waals surface area contributed by atoms with Gasteiger partial charge in [-0.3, -0.25) is 4.98 Å². The van der Waals surface area contributed by atoms with E-state index >= 15 is 0 Å². The minimum atomic E-state index is -0.584. The van der Waals surface area contributed by atoms with E-state index in [-0.39, 0.29) is 0 Å². The normalized spacial score (nSPS) is 12.9. The molecule has 1 amide bonds. The van der Waals surface area contributed by atoms with Crippen molar-refractivity contribution in [3.05, 3.63) is 16.6 Å². The topological polar surface area (TPSA) is 68.3 Å². The van der Waals surface area contributed by atoms with Gasteiger partial charge in [-0.25, -0.2) is 4.79 Å². The largest absolute Gasteiger partial charge is 0.444 e. The van der Waals surface area contributed by atoms with Gasteiger partial charge in [0.05, 0.1) is 11.6 Å². The number of nitrogens with one attached hydrogen (secondary N) is 1. The maximum Gasteiger partial charge on any atom is 0.408 e. The van der Waals surface area contributed by atoms with E-state index < -0.39 is 17.7 Å². The molecule has 17 heavy (non-hydrogen) atoms. The second-order valence-corrected chi connectivity index (χ2v) is 5.53. The Kier molecular flexibility index (Phi) is 4.62. The van der Waals surface area contributed by atoms with Gasteiger partial charge in [-0.2, -0.15) is 0 Å². The standard InChI is InChI=1S/C11H16N2O3S/c1-11(2,3)16-10(15)13-8(6-14)4-9-5-12-7-17-9/h5-8H,4H2,1-3H3,(H,13,15). The van der Waals surface area contributed by atoms with Crippen LogP contribution in [0, 0.1) is 0 Å². The summed E-state index contributed by atoms with van der Waals surface area (Å²) in [4.78, 5) is 27.1. The first kappa shape index (κ1) is 13.6. The van der Waals surface area contributed by atoms with Gasteiger partial charge in [-0.05, 0) is 20.8 Å². The minimum absolute atomic E-state index is 0.438. The number of hydrogen-bond acceptors (Lipinski definition) is 5. The minimum Gasteiger partial charge on any atom is -0.444 e. The van der Waals surface area contributed by atoms with Gasteiger partial charge in [0.2, 0.25) is 0 Å². The average molecular weight is 256 g/mol. The van der Waals surface area contributed by atoms with Crippen molar-refractivity contribution in [2.75, 3.05) is 0 Å². The van der Waals surface area contributed by atoms with Crippen LogP contribution in [0.1, 0.15) is 25.6 Å². The van der Waals surface area contributed by atoms with Crippen LogP contribution >= 0.6 is 11.3 Å². The lowest BCUT2D eigenvalue weighted by Gasteiger charge is -2.21. The molecule has 1 unspecified atom stereocenters. The Hall–Kier alpha value is -1.43. The van der Waals surface area contributed by atoms with E-state index in [1.165, 1.54) is 11.3 Å². The number of rotatable bonds is 4. The maximum absolute atomic E-state index is 11.5. The molecule has 5 nitrogen and oxygen atoms in total. The predicted molar refractivity (Wildman–Crippen MR) is 65.0 cm³/mol. The lowest BCUT2D eigenvalue weighted by atomic mass is 10.2. The van der Waals surface area contributed by atoms with E-state index in [0.717, 1.165) is 4.88 Å². The van der Waals surface area contributed by atoms with E-state index in [1.807, 2.05) is 0 Å².